The Kier molecular flexibility index (Phi) is 4.19. The molecule has 1 aliphatic heterocycles. The Morgan fingerprint density at radius 2 is 1.75 bits per heavy atom. The molecule has 0 saturated carbocycles. The molecule has 3 rings (SSSR count). The number of quaternary nitrogens is 1. The molecule has 3 heteroatoms. The maximum Gasteiger partial charge on any atom is 0.247 e. The van der Waals surface area contributed by atoms with Crippen molar-refractivity contribution in [2.75, 3.05) is 19.6 Å². The van der Waals surface area contributed by atoms with Crippen LogP contribution in [-0.2, 0) is 0 Å². The van der Waals surface area contributed by atoms with Gasteiger partial charge in [-0.2, -0.15) is 0 Å². The summed E-state index contributed by atoms with van der Waals surface area (Å²) in [5, 5.41) is 12.4. The summed E-state index contributed by atoms with van der Waals surface area (Å²) in [7, 11) is 0. The fourth-order valence-corrected chi connectivity index (χ4v) is 2.99. The van der Waals surface area contributed by atoms with E-state index in [4.69, 9.17) is 4.74 Å². The molecular weight excluding hydrogens is 250 g/mol. The minimum atomic E-state index is -0.728. The summed E-state index contributed by atoms with van der Waals surface area (Å²) in [5.74, 6) is 0.770. The third-order valence-corrected chi connectivity index (χ3v) is 4.04. The van der Waals surface area contributed by atoms with Gasteiger partial charge in [0.2, 0.25) is 6.29 Å². The van der Waals surface area contributed by atoms with E-state index in [2.05, 4.69) is 12.1 Å². The van der Waals surface area contributed by atoms with E-state index in [-0.39, 0.29) is 0 Å². The first-order valence-corrected chi connectivity index (χ1v) is 7.49. The zero-order valence-electron chi connectivity index (χ0n) is 11.7. The maximum absolute atomic E-state index is 10.2. The zero-order valence-corrected chi connectivity index (χ0v) is 11.7. The highest BCUT2D eigenvalue weighted by atomic mass is 16.6. The quantitative estimate of drug-likeness (QED) is 0.829. The average Bonchev–Trinajstić information content (AvgIpc) is 2.48. The van der Waals surface area contributed by atoms with E-state index in [1.165, 1.54) is 24.2 Å². The lowest BCUT2D eigenvalue weighted by molar-refractivity contribution is -0.910. The number of aliphatic hydroxyl groups is 1. The molecule has 0 aliphatic carbocycles. The molecule has 1 heterocycles. The van der Waals surface area contributed by atoms with Gasteiger partial charge >= 0.3 is 0 Å². The molecule has 1 atom stereocenters. The van der Waals surface area contributed by atoms with E-state index in [1.54, 1.807) is 0 Å². The maximum atomic E-state index is 10.2. The predicted molar refractivity (Wildman–Crippen MR) is 80.0 cm³/mol. The molecule has 0 spiro atoms. The SMILES string of the molecule is O[C@H](C[NH+]1CCCCC1)Oc1cccc2ccccc12. The Bertz CT molecular complexity index is 558. The van der Waals surface area contributed by atoms with Gasteiger partial charge in [0.25, 0.3) is 0 Å². The molecular formula is C17H22NO2+. The first-order chi connectivity index (χ1) is 9.83. The third kappa shape index (κ3) is 3.11. The van der Waals surface area contributed by atoms with Gasteiger partial charge in [0.1, 0.15) is 12.3 Å². The molecule has 3 nitrogen and oxygen atoms in total. The molecule has 106 valence electrons. The summed E-state index contributed by atoms with van der Waals surface area (Å²) < 4.78 is 5.77. The van der Waals surface area contributed by atoms with Crippen molar-refractivity contribution in [3.63, 3.8) is 0 Å². The van der Waals surface area contributed by atoms with Crippen LogP contribution in [0.3, 0.4) is 0 Å². The minimum Gasteiger partial charge on any atom is -0.458 e. The number of fused-ring (bicyclic) bond motifs is 1. The van der Waals surface area contributed by atoms with E-state index in [9.17, 15) is 5.11 Å². The summed E-state index contributed by atoms with van der Waals surface area (Å²) in [6.45, 7) is 2.97. The fraction of sp³-hybridized carbons (Fsp3) is 0.412. The zero-order chi connectivity index (χ0) is 13.8. The van der Waals surface area contributed by atoms with Crippen molar-refractivity contribution in [3.8, 4) is 5.75 Å². The lowest BCUT2D eigenvalue weighted by atomic mass is 10.1. The largest absolute Gasteiger partial charge is 0.458 e. The molecule has 2 aromatic rings. The van der Waals surface area contributed by atoms with Crippen LogP contribution in [0.15, 0.2) is 42.5 Å². The van der Waals surface area contributed by atoms with Crippen LogP contribution in [0.4, 0.5) is 0 Å². The van der Waals surface area contributed by atoms with E-state index in [0.29, 0.717) is 6.54 Å². The van der Waals surface area contributed by atoms with Crippen molar-refractivity contribution in [2.24, 2.45) is 0 Å². The van der Waals surface area contributed by atoms with Crippen LogP contribution in [0, 0.1) is 0 Å². The Morgan fingerprint density at radius 3 is 2.60 bits per heavy atom. The molecule has 0 aromatic heterocycles. The molecule has 0 radical (unpaired) electrons. The van der Waals surface area contributed by atoms with Crippen molar-refractivity contribution in [2.45, 2.75) is 25.6 Å². The number of hydrogen-bond acceptors (Lipinski definition) is 2. The van der Waals surface area contributed by atoms with Gasteiger partial charge in [0.15, 0.2) is 0 Å². The van der Waals surface area contributed by atoms with Crippen molar-refractivity contribution in [1.82, 2.24) is 0 Å². The normalized spacial score (nSPS) is 18.1. The number of hydrogen-bond donors (Lipinski definition) is 2. The van der Waals surface area contributed by atoms with Crippen LogP contribution in [0.25, 0.3) is 10.8 Å². The predicted octanol–water partition coefficient (Wildman–Crippen LogP) is 1.61. The van der Waals surface area contributed by atoms with Crippen LogP contribution in [-0.4, -0.2) is 31.0 Å². The van der Waals surface area contributed by atoms with E-state index in [0.717, 1.165) is 29.6 Å². The monoisotopic (exact) mass is 272 g/mol. The van der Waals surface area contributed by atoms with Crippen LogP contribution in [0.2, 0.25) is 0 Å². The van der Waals surface area contributed by atoms with Gasteiger partial charge in [-0.15, -0.1) is 0 Å². The number of ether oxygens (including phenoxy) is 1. The van der Waals surface area contributed by atoms with Crippen molar-refractivity contribution >= 4 is 10.8 Å². The Hall–Kier alpha value is -1.58. The molecule has 1 fully saturated rings. The molecule has 20 heavy (non-hydrogen) atoms. The molecule has 0 amide bonds. The second kappa shape index (κ2) is 6.25. The molecule has 1 saturated heterocycles. The number of aliphatic hydroxyl groups excluding tert-OH is 1. The molecule has 0 unspecified atom stereocenters. The average molecular weight is 272 g/mol. The van der Waals surface area contributed by atoms with Crippen molar-refractivity contribution in [1.29, 1.82) is 0 Å². The summed E-state index contributed by atoms with van der Waals surface area (Å²) in [6.07, 6.45) is 3.12. The minimum absolute atomic E-state index is 0.670. The first-order valence-electron chi connectivity index (χ1n) is 7.49. The molecule has 2 N–H and O–H groups in total. The van der Waals surface area contributed by atoms with Crippen LogP contribution >= 0.6 is 0 Å². The topological polar surface area (TPSA) is 33.9 Å². The van der Waals surface area contributed by atoms with Crippen LogP contribution < -0.4 is 9.64 Å². The highest BCUT2D eigenvalue weighted by molar-refractivity contribution is 5.88. The highest BCUT2D eigenvalue weighted by Gasteiger charge is 2.19. The number of rotatable bonds is 4. The summed E-state index contributed by atoms with van der Waals surface area (Å²) >= 11 is 0. The van der Waals surface area contributed by atoms with Gasteiger partial charge in [-0.3, -0.25) is 0 Å². The number of likely N-dealkylation sites (tertiary alicyclic amines) is 1. The van der Waals surface area contributed by atoms with Gasteiger partial charge in [0, 0.05) is 5.39 Å². The standard InChI is InChI=1S/C17H21NO2/c19-17(13-18-11-4-1-5-12-18)20-16-10-6-8-14-7-2-3-9-15(14)16/h2-3,6-10,17,19H,1,4-5,11-13H2/p+1/t17-/m0/s1. The summed E-state index contributed by atoms with van der Waals surface area (Å²) in [5.41, 5.74) is 0. The van der Waals surface area contributed by atoms with Gasteiger partial charge in [-0.25, -0.2) is 0 Å². The lowest BCUT2D eigenvalue weighted by Gasteiger charge is -2.25. The van der Waals surface area contributed by atoms with Crippen molar-refractivity contribution in [3.05, 3.63) is 42.5 Å². The molecule has 0 bridgehead atoms. The van der Waals surface area contributed by atoms with Gasteiger partial charge < -0.3 is 14.7 Å². The van der Waals surface area contributed by atoms with Crippen LogP contribution in [0.5, 0.6) is 5.75 Å². The summed E-state index contributed by atoms with van der Waals surface area (Å²) in [6, 6.07) is 14.1. The molecule has 1 aliphatic rings. The number of piperidine rings is 1. The lowest BCUT2D eigenvalue weighted by Crippen LogP contribution is -3.14. The van der Waals surface area contributed by atoms with Crippen LogP contribution in [0.1, 0.15) is 19.3 Å². The second-order valence-electron chi connectivity index (χ2n) is 5.56. The molecule has 2 aromatic carbocycles. The Balaban J connectivity index is 1.69. The Morgan fingerprint density at radius 1 is 1.00 bits per heavy atom. The van der Waals surface area contributed by atoms with Gasteiger partial charge in [-0.05, 0) is 30.7 Å². The number of nitrogens with one attached hydrogen (secondary N) is 1. The third-order valence-electron chi connectivity index (χ3n) is 4.04. The van der Waals surface area contributed by atoms with Gasteiger partial charge in [0.05, 0.1) is 13.1 Å². The fourth-order valence-electron chi connectivity index (χ4n) is 2.99. The van der Waals surface area contributed by atoms with Crippen molar-refractivity contribution < 1.29 is 14.7 Å². The summed E-state index contributed by atoms with van der Waals surface area (Å²) in [4.78, 5) is 1.45. The Labute approximate surface area is 119 Å². The highest BCUT2D eigenvalue weighted by Crippen LogP contribution is 2.25. The first kappa shape index (κ1) is 13.4. The van der Waals surface area contributed by atoms with E-state index < -0.39 is 6.29 Å². The number of benzene rings is 2. The van der Waals surface area contributed by atoms with E-state index >= 15 is 0 Å². The smallest absolute Gasteiger partial charge is 0.247 e. The second-order valence-corrected chi connectivity index (χ2v) is 5.56. The van der Waals surface area contributed by atoms with E-state index in [1.807, 2.05) is 30.3 Å². The van der Waals surface area contributed by atoms with Gasteiger partial charge in [-0.1, -0.05) is 36.4 Å².